The highest BCUT2D eigenvalue weighted by Crippen LogP contribution is 2.48. The van der Waals surface area contributed by atoms with Crippen molar-refractivity contribution in [1.29, 1.82) is 0 Å². The molecule has 1 N–H and O–H groups in total. The first-order valence-corrected chi connectivity index (χ1v) is 7.84. The molecule has 1 amide bonds. The van der Waals surface area contributed by atoms with E-state index in [1.807, 2.05) is 47.4 Å². The van der Waals surface area contributed by atoms with Crippen molar-refractivity contribution in [2.75, 3.05) is 11.4 Å². The van der Waals surface area contributed by atoms with Crippen LogP contribution in [0.5, 0.6) is 0 Å². The van der Waals surface area contributed by atoms with Crippen LogP contribution in [0, 0.1) is 0 Å². The first kappa shape index (κ1) is 13.5. The maximum atomic E-state index is 12.8. The third-order valence-corrected chi connectivity index (χ3v) is 5.08. The maximum Gasteiger partial charge on any atom is 0.258 e. The third-order valence-electron chi connectivity index (χ3n) is 5.08. The van der Waals surface area contributed by atoms with Crippen LogP contribution >= 0.6 is 0 Å². The Hall–Kier alpha value is -2.13. The SMILES string of the molecule is C[C@H]1c2cccc3c2[C@H](C[C@H]1O)CN3C(=O)c1ccccc1. The van der Waals surface area contributed by atoms with Crippen LogP contribution < -0.4 is 4.90 Å². The Morgan fingerprint density at radius 3 is 2.68 bits per heavy atom. The smallest absolute Gasteiger partial charge is 0.258 e. The van der Waals surface area contributed by atoms with Crippen molar-refractivity contribution in [3.05, 3.63) is 65.2 Å². The summed E-state index contributed by atoms with van der Waals surface area (Å²) in [6.45, 7) is 2.74. The minimum Gasteiger partial charge on any atom is -0.392 e. The summed E-state index contributed by atoms with van der Waals surface area (Å²) in [5, 5.41) is 10.3. The fraction of sp³-hybridized carbons (Fsp3) is 0.316. The fourth-order valence-electron chi connectivity index (χ4n) is 3.88. The molecular weight excluding hydrogens is 274 g/mol. The summed E-state index contributed by atoms with van der Waals surface area (Å²) in [6.07, 6.45) is 0.420. The van der Waals surface area contributed by atoms with Crippen LogP contribution in [0.2, 0.25) is 0 Å². The van der Waals surface area contributed by atoms with Crippen molar-refractivity contribution in [3.63, 3.8) is 0 Å². The number of carbonyl (C=O) groups excluding carboxylic acids is 1. The lowest BCUT2D eigenvalue weighted by Gasteiger charge is -2.30. The molecule has 112 valence electrons. The number of hydrogen-bond donors (Lipinski definition) is 1. The van der Waals surface area contributed by atoms with E-state index < -0.39 is 0 Å². The topological polar surface area (TPSA) is 40.5 Å². The molecule has 0 saturated carbocycles. The van der Waals surface area contributed by atoms with Crippen molar-refractivity contribution < 1.29 is 9.90 Å². The molecule has 3 atom stereocenters. The lowest BCUT2D eigenvalue weighted by Crippen LogP contribution is -2.31. The van der Waals surface area contributed by atoms with Crippen molar-refractivity contribution in [3.8, 4) is 0 Å². The second kappa shape index (κ2) is 4.96. The number of anilines is 1. The molecule has 1 aliphatic heterocycles. The highest BCUT2D eigenvalue weighted by molar-refractivity contribution is 6.07. The summed E-state index contributed by atoms with van der Waals surface area (Å²) in [4.78, 5) is 14.7. The van der Waals surface area contributed by atoms with Crippen molar-refractivity contribution in [2.24, 2.45) is 0 Å². The summed E-state index contributed by atoms with van der Waals surface area (Å²) in [5.41, 5.74) is 4.21. The van der Waals surface area contributed by atoms with E-state index in [0.717, 1.165) is 12.1 Å². The van der Waals surface area contributed by atoms with Gasteiger partial charge in [-0.05, 0) is 35.7 Å². The Kier molecular flexibility index (Phi) is 3.05. The summed E-state index contributed by atoms with van der Waals surface area (Å²) >= 11 is 0. The molecule has 22 heavy (non-hydrogen) atoms. The highest BCUT2D eigenvalue weighted by atomic mass is 16.3. The van der Waals surface area contributed by atoms with E-state index in [9.17, 15) is 9.90 Å². The zero-order valence-electron chi connectivity index (χ0n) is 12.6. The largest absolute Gasteiger partial charge is 0.392 e. The molecule has 0 saturated heterocycles. The predicted molar refractivity (Wildman–Crippen MR) is 86.3 cm³/mol. The van der Waals surface area contributed by atoms with Crippen LogP contribution in [-0.4, -0.2) is 23.7 Å². The van der Waals surface area contributed by atoms with Gasteiger partial charge in [0.15, 0.2) is 0 Å². The lowest BCUT2D eigenvalue weighted by molar-refractivity contribution is 0.0981. The van der Waals surface area contributed by atoms with E-state index in [0.29, 0.717) is 12.1 Å². The summed E-state index contributed by atoms with van der Waals surface area (Å²) in [5.74, 6) is 0.439. The van der Waals surface area contributed by atoms with Crippen LogP contribution in [0.3, 0.4) is 0 Å². The molecule has 2 aliphatic rings. The zero-order valence-corrected chi connectivity index (χ0v) is 12.6. The van der Waals surface area contributed by atoms with Gasteiger partial charge in [-0.1, -0.05) is 37.3 Å². The van der Waals surface area contributed by atoms with Gasteiger partial charge in [-0.15, -0.1) is 0 Å². The van der Waals surface area contributed by atoms with Gasteiger partial charge < -0.3 is 10.0 Å². The molecule has 3 heteroatoms. The maximum absolute atomic E-state index is 12.8. The molecular formula is C19H19NO2. The number of aliphatic hydroxyl groups excluding tert-OH is 1. The molecule has 1 aliphatic carbocycles. The van der Waals surface area contributed by atoms with Gasteiger partial charge in [0.05, 0.1) is 6.10 Å². The van der Waals surface area contributed by atoms with Gasteiger partial charge in [0.1, 0.15) is 0 Å². The number of carbonyl (C=O) groups is 1. The minimum atomic E-state index is -0.320. The number of nitrogens with zero attached hydrogens (tertiary/aromatic N) is 1. The molecule has 0 bridgehead atoms. The molecule has 4 rings (SSSR count). The molecule has 0 unspecified atom stereocenters. The fourth-order valence-corrected chi connectivity index (χ4v) is 3.88. The average molecular weight is 293 g/mol. The van der Waals surface area contributed by atoms with Gasteiger partial charge in [0.2, 0.25) is 0 Å². The van der Waals surface area contributed by atoms with Crippen molar-refractivity contribution in [1.82, 2.24) is 0 Å². The summed E-state index contributed by atoms with van der Waals surface area (Å²) in [7, 11) is 0. The van der Waals surface area contributed by atoms with E-state index in [-0.39, 0.29) is 23.8 Å². The molecule has 2 aromatic carbocycles. The first-order chi connectivity index (χ1) is 10.7. The molecule has 0 spiro atoms. The summed E-state index contributed by atoms with van der Waals surface area (Å²) in [6, 6.07) is 15.5. The Balaban J connectivity index is 1.78. The van der Waals surface area contributed by atoms with E-state index in [4.69, 9.17) is 0 Å². The molecule has 3 nitrogen and oxygen atoms in total. The van der Waals surface area contributed by atoms with E-state index in [1.165, 1.54) is 11.1 Å². The van der Waals surface area contributed by atoms with Crippen LogP contribution in [0.25, 0.3) is 0 Å². The lowest BCUT2D eigenvalue weighted by atomic mass is 9.76. The third kappa shape index (κ3) is 1.89. The van der Waals surface area contributed by atoms with E-state index >= 15 is 0 Å². The normalized spacial score (nSPS) is 25.9. The predicted octanol–water partition coefficient (Wildman–Crippen LogP) is 3.30. The van der Waals surface area contributed by atoms with Crippen LogP contribution in [0.4, 0.5) is 5.69 Å². The van der Waals surface area contributed by atoms with Crippen LogP contribution in [-0.2, 0) is 0 Å². The van der Waals surface area contributed by atoms with Crippen LogP contribution in [0.1, 0.15) is 46.7 Å². The molecule has 0 aromatic heterocycles. The Morgan fingerprint density at radius 1 is 1.14 bits per heavy atom. The van der Waals surface area contributed by atoms with Gasteiger partial charge in [-0.3, -0.25) is 4.79 Å². The van der Waals surface area contributed by atoms with Crippen molar-refractivity contribution in [2.45, 2.75) is 31.3 Å². The molecule has 0 radical (unpaired) electrons. The van der Waals surface area contributed by atoms with Gasteiger partial charge in [0.25, 0.3) is 5.91 Å². The number of benzene rings is 2. The van der Waals surface area contributed by atoms with Crippen LogP contribution in [0.15, 0.2) is 48.5 Å². The number of rotatable bonds is 1. The van der Waals surface area contributed by atoms with Gasteiger partial charge in [-0.2, -0.15) is 0 Å². The average Bonchev–Trinajstić information content (AvgIpc) is 2.92. The monoisotopic (exact) mass is 293 g/mol. The van der Waals surface area contributed by atoms with E-state index in [2.05, 4.69) is 13.0 Å². The second-order valence-electron chi connectivity index (χ2n) is 6.35. The Labute approximate surface area is 130 Å². The highest BCUT2D eigenvalue weighted by Gasteiger charge is 2.40. The number of hydrogen-bond acceptors (Lipinski definition) is 2. The molecule has 1 heterocycles. The van der Waals surface area contributed by atoms with E-state index in [1.54, 1.807) is 0 Å². The Morgan fingerprint density at radius 2 is 1.91 bits per heavy atom. The molecule has 0 fully saturated rings. The quantitative estimate of drug-likeness (QED) is 0.876. The zero-order chi connectivity index (χ0) is 15.3. The van der Waals surface area contributed by atoms with Gasteiger partial charge in [-0.25, -0.2) is 0 Å². The second-order valence-corrected chi connectivity index (χ2v) is 6.35. The first-order valence-electron chi connectivity index (χ1n) is 7.84. The van der Waals surface area contributed by atoms with Crippen molar-refractivity contribution >= 4 is 11.6 Å². The minimum absolute atomic E-state index is 0.0468. The van der Waals surface area contributed by atoms with Gasteiger partial charge >= 0.3 is 0 Å². The number of aliphatic hydroxyl groups is 1. The number of amides is 1. The molecule has 2 aromatic rings. The standard InChI is InChI=1S/C19H19NO2/c1-12-15-8-5-9-16-18(15)14(10-17(12)21)11-20(16)19(22)13-6-3-2-4-7-13/h2-9,12,14,17,21H,10-11H2,1H3/t12-,14+,17+/m0/s1. The summed E-state index contributed by atoms with van der Waals surface area (Å²) < 4.78 is 0. The van der Waals surface area contributed by atoms with Gasteiger partial charge in [0, 0.05) is 29.6 Å². The Bertz CT molecular complexity index is 725.